The SMILES string of the molecule is C=C1C(CO[P+](=O)O)C(CO)C1n1cc(F)c2c(N)ncnc21. The van der Waals surface area contributed by atoms with Gasteiger partial charge in [-0.15, -0.1) is 9.42 Å². The lowest BCUT2D eigenvalue weighted by molar-refractivity contribution is 0.0597. The summed E-state index contributed by atoms with van der Waals surface area (Å²) in [6.45, 7) is 3.69. The lowest BCUT2D eigenvalue weighted by Crippen LogP contribution is -2.44. The van der Waals surface area contributed by atoms with E-state index < -0.39 is 20.1 Å². The van der Waals surface area contributed by atoms with Crippen molar-refractivity contribution in [3.63, 3.8) is 0 Å². The van der Waals surface area contributed by atoms with E-state index in [2.05, 4.69) is 16.5 Å². The maximum atomic E-state index is 14.1. The van der Waals surface area contributed by atoms with E-state index in [4.69, 9.17) is 15.2 Å². The first-order valence-electron chi connectivity index (χ1n) is 6.80. The van der Waals surface area contributed by atoms with Gasteiger partial charge in [-0.1, -0.05) is 6.58 Å². The number of nitrogens with two attached hydrogens (primary N) is 1. The van der Waals surface area contributed by atoms with Crippen LogP contribution in [0.4, 0.5) is 10.2 Å². The first kappa shape index (κ1) is 15.9. The molecule has 2 aromatic heterocycles. The molecular weight excluding hydrogens is 326 g/mol. The molecule has 4 N–H and O–H groups in total. The molecule has 0 spiro atoms. The van der Waals surface area contributed by atoms with Gasteiger partial charge in [0.1, 0.15) is 24.4 Å². The Kier molecular flexibility index (Phi) is 4.11. The van der Waals surface area contributed by atoms with Crippen LogP contribution in [-0.4, -0.2) is 37.7 Å². The Balaban J connectivity index is 1.95. The molecule has 2 aromatic rings. The van der Waals surface area contributed by atoms with Crippen molar-refractivity contribution >= 4 is 25.1 Å². The highest BCUT2D eigenvalue weighted by atomic mass is 31.1. The lowest BCUT2D eigenvalue weighted by Gasteiger charge is -2.46. The minimum atomic E-state index is -2.72. The summed E-state index contributed by atoms with van der Waals surface area (Å²) in [6, 6.07) is -0.397. The maximum Gasteiger partial charge on any atom is 0.694 e. The van der Waals surface area contributed by atoms with Crippen LogP contribution in [0.5, 0.6) is 0 Å². The Bertz CT molecular complexity index is 796. The maximum absolute atomic E-state index is 14.1. The predicted molar refractivity (Wildman–Crippen MR) is 79.9 cm³/mol. The number of anilines is 1. The van der Waals surface area contributed by atoms with E-state index in [1.807, 2.05) is 0 Å². The fourth-order valence-corrected chi connectivity index (χ4v) is 3.42. The molecule has 3 rings (SSSR count). The van der Waals surface area contributed by atoms with Crippen molar-refractivity contribution in [1.82, 2.24) is 14.5 Å². The second-order valence-electron chi connectivity index (χ2n) is 5.35. The third-order valence-electron chi connectivity index (χ3n) is 4.25. The molecule has 2 heterocycles. The van der Waals surface area contributed by atoms with Crippen LogP contribution < -0.4 is 5.73 Å². The molecule has 1 aliphatic carbocycles. The molecule has 23 heavy (non-hydrogen) atoms. The van der Waals surface area contributed by atoms with Crippen molar-refractivity contribution in [1.29, 1.82) is 0 Å². The number of hydrogen-bond donors (Lipinski definition) is 3. The number of hydrogen-bond acceptors (Lipinski definition) is 6. The fourth-order valence-electron chi connectivity index (χ4n) is 3.13. The zero-order chi connectivity index (χ0) is 16.7. The highest BCUT2D eigenvalue weighted by molar-refractivity contribution is 7.32. The molecule has 1 fully saturated rings. The van der Waals surface area contributed by atoms with Crippen molar-refractivity contribution in [3.05, 3.63) is 30.5 Å². The zero-order valence-electron chi connectivity index (χ0n) is 12.0. The molecule has 0 bridgehead atoms. The van der Waals surface area contributed by atoms with Gasteiger partial charge in [-0.3, -0.25) is 0 Å². The lowest BCUT2D eigenvalue weighted by atomic mass is 9.66. The van der Waals surface area contributed by atoms with Gasteiger partial charge in [-0.2, -0.15) is 0 Å². The van der Waals surface area contributed by atoms with E-state index in [0.29, 0.717) is 11.2 Å². The molecule has 8 nitrogen and oxygen atoms in total. The van der Waals surface area contributed by atoms with E-state index in [1.54, 1.807) is 4.57 Å². The standard InChI is InChI=1S/C13H14FN4O4P/c1-6-8(4-22-23(20)21)7(3-19)11(6)18-2-9(14)10-12(15)16-5-17-13(10)18/h2,5,7-8,11,19H,1,3-4H2,(H2-,15,16,17,20,21)/p+1. The first-order chi connectivity index (χ1) is 11.0. The molecule has 0 aliphatic heterocycles. The largest absolute Gasteiger partial charge is 0.694 e. The van der Waals surface area contributed by atoms with Crippen LogP contribution >= 0.6 is 8.25 Å². The van der Waals surface area contributed by atoms with Gasteiger partial charge in [0.25, 0.3) is 0 Å². The second kappa shape index (κ2) is 5.93. The number of aliphatic hydroxyl groups is 1. The third kappa shape index (κ3) is 2.51. The molecule has 0 saturated heterocycles. The molecule has 10 heteroatoms. The molecule has 1 aliphatic rings. The summed E-state index contributed by atoms with van der Waals surface area (Å²) in [6.07, 6.45) is 2.48. The number of aliphatic hydroxyl groups excluding tert-OH is 1. The number of halogens is 1. The summed E-state index contributed by atoms with van der Waals surface area (Å²) in [5.41, 5.74) is 6.66. The Morgan fingerprint density at radius 3 is 2.91 bits per heavy atom. The van der Waals surface area contributed by atoms with E-state index in [1.165, 1.54) is 12.5 Å². The average molecular weight is 341 g/mol. The summed E-state index contributed by atoms with van der Waals surface area (Å²) in [5, 5.41) is 9.73. The van der Waals surface area contributed by atoms with Gasteiger partial charge in [0, 0.05) is 29.2 Å². The summed E-state index contributed by atoms with van der Waals surface area (Å²) in [5.74, 6) is -1.14. The Morgan fingerprint density at radius 1 is 1.52 bits per heavy atom. The Labute approximate surface area is 131 Å². The molecule has 0 aromatic carbocycles. The van der Waals surface area contributed by atoms with Crippen molar-refractivity contribution in [2.75, 3.05) is 18.9 Å². The van der Waals surface area contributed by atoms with Gasteiger partial charge in [0.15, 0.2) is 5.82 Å². The number of nitrogen functional groups attached to an aromatic ring is 1. The van der Waals surface area contributed by atoms with Gasteiger partial charge in [-0.25, -0.2) is 14.4 Å². The van der Waals surface area contributed by atoms with Gasteiger partial charge in [0.05, 0.1) is 11.4 Å². The van der Waals surface area contributed by atoms with Crippen molar-refractivity contribution in [2.24, 2.45) is 11.8 Å². The molecule has 0 radical (unpaired) electrons. The van der Waals surface area contributed by atoms with Crippen LogP contribution in [0.3, 0.4) is 0 Å². The highest BCUT2D eigenvalue weighted by Gasteiger charge is 2.47. The monoisotopic (exact) mass is 341 g/mol. The predicted octanol–water partition coefficient (Wildman–Crippen LogP) is 1.15. The van der Waals surface area contributed by atoms with Gasteiger partial charge in [0.2, 0.25) is 0 Å². The summed E-state index contributed by atoms with van der Waals surface area (Å²) < 4.78 is 31.1. The Hall–Kier alpha value is -1.93. The van der Waals surface area contributed by atoms with Gasteiger partial charge < -0.3 is 15.4 Å². The number of nitrogens with zero attached hydrogens (tertiary/aromatic N) is 3. The fraction of sp³-hybridized carbons (Fsp3) is 0.385. The summed E-state index contributed by atoms with van der Waals surface area (Å²) in [7, 11) is -2.72. The summed E-state index contributed by atoms with van der Waals surface area (Å²) in [4.78, 5) is 16.6. The van der Waals surface area contributed by atoms with Crippen LogP contribution in [0.15, 0.2) is 24.7 Å². The highest BCUT2D eigenvalue weighted by Crippen LogP contribution is 2.50. The quantitative estimate of drug-likeness (QED) is 0.550. The van der Waals surface area contributed by atoms with Gasteiger partial charge >= 0.3 is 8.25 Å². The van der Waals surface area contributed by atoms with Crippen molar-refractivity contribution in [2.45, 2.75) is 6.04 Å². The van der Waals surface area contributed by atoms with E-state index in [9.17, 15) is 14.1 Å². The summed E-state index contributed by atoms with van der Waals surface area (Å²) >= 11 is 0. The molecule has 122 valence electrons. The minimum absolute atomic E-state index is 0.0360. The molecular formula is C13H15FN4O4P+. The van der Waals surface area contributed by atoms with Crippen LogP contribution in [-0.2, 0) is 9.09 Å². The molecule has 4 unspecified atom stereocenters. The van der Waals surface area contributed by atoms with E-state index in [-0.39, 0.29) is 36.3 Å². The topological polar surface area (TPSA) is 123 Å². The smallest absolute Gasteiger partial charge is 0.396 e. The van der Waals surface area contributed by atoms with Crippen LogP contribution in [0.1, 0.15) is 6.04 Å². The molecule has 1 saturated carbocycles. The average Bonchev–Trinajstić information content (AvgIpc) is 2.82. The third-order valence-corrected chi connectivity index (χ3v) is 4.62. The van der Waals surface area contributed by atoms with Crippen molar-refractivity contribution in [3.8, 4) is 0 Å². The normalized spacial score (nSPS) is 24.7. The van der Waals surface area contributed by atoms with Crippen LogP contribution in [0.2, 0.25) is 0 Å². The first-order valence-corrected chi connectivity index (χ1v) is 7.93. The van der Waals surface area contributed by atoms with Crippen molar-refractivity contribution < 1.29 is 23.5 Å². The van der Waals surface area contributed by atoms with E-state index in [0.717, 1.165) is 0 Å². The van der Waals surface area contributed by atoms with Crippen LogP contribution in [0.25, 0.3) is 11.0 Å². The zero-order valence-corrected chi connectivity index (χ0v) is 12.9. The van der Waals surface area contributed by atoms with Crippen LogP contribution in [0, 0.1) is 17.7 Å². The number of aromatic nitrogens is 3. The Morgan fingerprint density at radius 2 is 2.26 bits per heavy atom. The second-order valence-corrected chi connectivity index (χ2v) is 6.08. The number of fused-ring (bicyclic) bond motifs is 1. The van der Waals surface area contributed by atoms with Gasteiger partial charge in [-0.05, 0) is 5.57 Å². The molecule has 0 amide bonds. The number of rotatable bonds is 5. The van der Waals surface area contributed by atoms with E-state index >= 15 is 0 Å². The minimum Gasteiger partial charge on any atom is -0.396 e. The molecule has 4 atom stereocenters.